The zero-order valence-electron chi connectivity index (χ0n) is 15.5. The van der Waals surface area contributed by atoms with Gasteiger partial charge in [0, 0.05) is 31.9 Å². The summed E-state index contributed by atoms with van der Waals surface area (Å²) in [5.41, 5.74) is 3.00. The SMILES string of the molecule is Cc1cccc(CC(=O)NCC(=O)N2CCN(c3ccc(F)cc3)CC2)c1. The highest BCUT2D eigenvalue weighted by atomic mass is 19.1. The molecule has 0 saturated carbocycles. The molecule has 0 bridgehead atoms. The Hall–Kier alpha value is -2.89. The van der Waals surface area contributed by atoms with E-state index in [0.29, 0.717) is 26.2 Å². The van der Waals surface area contributed by atoms with E-state index in [1.165, 1.54) is 12.1 Å². The van der Waals surface area contributed by atoms with Crippen molar-refractivity contribution in [1.29, 1.82) is 0 Å². The molecule has 2 amide bonds. The molecule has 2 aromatic carbocycles. The number of piperazine rings is 1. The highest BCUT2D eigenvalue weighted by Crippen LogP contribution is 2.16. The third kappa shape index (κ3) is 5.29. The van der Waals surface area contributed by atoms with Crippen LogP contribution in [0.3, 0.4) is 0 Å². The smallest absolute Gasteiger partial charge is 0.242 e. The number of carbonyl (C=O) groups excluding carboxylic acids is 2. The molecule has 6 heteroatoms. The highest BCUT2D eigenvalue weighted by Gasteiger charge is 2.21. The topological polar surface area (TPSA) is 52.7 Å². The van der Waals surface area contributed by atoms with E-state index in [1.807, 2.05) is 31.2 Å². The summed E-state index contributed by atoms with van der Waals surface area (Å²) in [6.07, 6.45) is 0.271. The average Bonchev–Trinajstić information content (AvgIpc) is 2.67. The van der Waals surface area contributed by atoms with Gasteiger partial charge in [0.25, 0.3) is 0 Å². The zero-order valence-corrected chi connectivity index (χ0v) is 15.5. The number of anilines is 1. The van der Waals surface area contributed by atoms with Crippen molar-refractivity contribution in [3.8, 4) is 0 Å². The monoisotopic (exact) mass is 369 g/mol. The van der Waals surface area contributed by atoms with Gasteiger partial charge in [-0.25, -0.2) is 4.39 Å². The molecule has 1 N–H and O–H groups in total. The molecule has 0 aliphatic carbocycles. The number of rotatable bonds is 5. The minimum atomic E-state index is -0.256. The van der Waals surface area contributed by atoms with E-state index in [9.17, 15) is 14.0 Å². The molecule has 1 aliphatic rings. The normalized spacial score (nSPS) is 14.1. The van der Waals surface area contributed by atoms with E-state index in [0.717, 1.165) is 16.8 Å². The first-order valence-corrected chi connectivity index (χ1v) is 9.12. The molecule has 1 saturated heterocycles. The van der Waals surface area contributed by atoms with Crippen LogP contribution in [0.5, 0.6) is 0 Å². The van der Waals surface area contributed by atoms with Gasteiger partial charge in [0.15, 0.2) is 0 Å². The molecule has 1 heterocycles. The van der Waals surface area contributed by atoms with Crippen LogP contribution in [0.2, 0.25) is 0 Å². The number of aryl methyl sites for hydroxylation is 1. The third-order valence-electron chi connectivity index (χ3n) is 4.71. The van der Waals surface area contributed by atoms with Gasteiger partial charge in [-0.1, -0.05) is 29.8 Å². The van der Waals surface area contributed by atoms with Crippen molar-refractivity contribution in [1.82, 2.24) is 10.2 Å². The molecule has 0 radical (unpaired) electrons. The molecule has 0 unspecified atom stereocenters. The number of hydrogen-bond donors (Lipinski definition) is 1. The second kappa shape index (κ2) is 8.66. The predicted molar refractivity (Wildman–Crippen MR) is 103 cm³/mol. The number of halogens is 1. The average molecular weight is 369 g/mol. The molecule has 142 valence electrons. The first kappa shape index (κ1) is 18.9. The number of nitrogens with zero attached hydrogens (tertiary/aromatic N) is 2. The van der Waals surface area contributed by atoms with E-state index < -0.39 is 0 Å². The Morgan fingerprint density at radius 3 is 2.41 bits per heavy atom. The van der Waals surface area contributed by atoms with Gasteiger partial charge >= 0.3 is 0 Å². The Balaban J connectivity index is 1.42. The van der Waals surface area contributed by atoms with Crippen LogP contribution in [0.25, 0.3) is 0 Å². The maximum absolute atomic E-state index is 13.0. The Morgan fingerprint density at radius 1 is 1.04 bits per heavy atom. The van der Waals surface area contributed by atoms with Crippen LogP contribution in [0, 0.1) is 12.7 Å². The molecule has 1 aliphatic heterocycles. The van der Waals surface area contributed by atoms with Gasteiger partial charge in [-0.3, -0.25) is 9.59 Å². The lowest BCUT2D eigenvalue weighted by Crippen LogP contribution is -2.51. The van der Waals surface area contributed by atoms with Gasteiger partial charge in [-0.05, 0) is 36.8 Å². The van der Waals surface area contributed by atoms with Crippen molar-refractivity contribution < 1.29 is 14.0 Å². The molecule has 1 fully saturated rings. The van der Waals surface area contributed by atoms with Gasteiger partial charge in [0.05, 0.1) is 13.0 Å². The molecule has 0 spiro atoms. The van der Waals surface area contributed by atoms with Crippen molar-refractivity contribution >= 4 is 17.5 Å². The van der Waals surface area contributed by atoms with Crippen molar-refractivity contribution in [2.75, 3.05) is 37.6 Å². The molecule has 0 atom stereocenters. The van der Waals surface area contributed by atoms with Crippen LogP contribution in [0.1, 0.15) is 11.1 Å². The second-order valence-electron chi connectivity index (χ2n) is 6.79. The molecule has 3 rings (SSSR count). The second-order valence-corrected chi connectivity index (χ2v) is 6.79. The lowest BCUT2D eigenvalue weighted by Gasteiger charge is -2.36. The van der Waals surface area contributed by atoms with Gasteiger partial charge < -0.3 is 15.1 Å². The minimum absolute atomic E-state index is 0.0151. The highest BCUT2D eigenvalue weighted by molar-refractivity contribution is 5.85. The minimum Gasteiger partial charge on any atom is -0.368 e. The van der Waals surface area contributed by atoms with Gasteiger partial charge in [0.1, 0.15) is 5.82 Å². The summed E-state index contributed by atoms with van der Waals surface area (Å²) >= 11 is 0. The lowest BCUT2D eigenvalue weighted by molar-refractivity contribution is -0.133. The summed E-state index contributed by atoms with van der Waals surface area (Å²) in [6, 6.07) is 14.2. The van der Waals surface area contributed by atoms with Crippen molar-refractivity contribution in [2.45, 2.75) is 13.3 Å². The van der Waals surface area contributed by atoms with Gasteiger partial charge in [-0.15, -0.1) is 0 Å². The Kier molecular flexibility index (Phi) is 6.06. The summed E-state index contributed by atoms with van der Waals surface area (Å²) in [5.74, 6) is -0.487. The number of nitrogens with one attached hydrogen (secondary N) is 1. The van der Waals surface area contributed by atoms with Gasteiger partial charge in [-0.2, -0.15) is 0 Å². The van der Waals surface area contributed by atoms with E-state index in [4.69, 9.17) is 0 Å². The first-order chi connectivity index (χ1) is 13.0. The van der Waals surface area contributed by atoms with E-state index in [1.54, 1.807) is 17.0 Å². The number of amides is 2. The fraction of sp³-hybridized carbons (Fsp3) is 0.333. The Labute approximate surface area is 158 Å². The molecule has 2 aromatic rings. The maximum Gasteiger partial charge on any atom is 0.242 e. The maximum atomic E-state index is 13.0. The van der Waals surface area contributed by atoms with Crippen LogP contribution >= 0.6 is 0 Å². The van der Waals surface area contributed by atoms with Crippen molar-refractivity contribution in [3.63, 3.8) is 0 Å². The molecular formula is C21H24FN3O2. The van der Waals surface area contributed by atoms with Crippen LogP contribution in [-0.4, -0.2) is 49.4 Å². The largest absolute Gasteiger partial charge is 0.368 e. The molecule has 5 nitrogen and oxygen atoms in total. The van der Waals surface area contributed by atoms with Crippen LogP contribution in [0.15, 0.2) is 48.5 Å². The summed E-state index contributed by atoms with van der Waals surface area (Å²) in [5, 5.41) is 2.71. The van der Waals surface area contributed by atoms with Crippen molar-refractivity contribution in [2.24, 2.45) is 0 Å². The summed E-state index contributed by atoms with van der Waals surface area (Å²) in [7, 11) is 0. The zero-order chi connectivity index (χ0) is 19.2. The molecule has 27 heavy (non-hydrogen) atoms. The lowest BCUT2D eigenvalue weighted by atomic mass is 10.1. The van der Waals surface area contributed by atoms with E-state index >= 15 is 0 Å². The summed E-state index contributed by atoms with van der Waals surface area (Å²) < 4.78 is 13.0. The van der Waals surface area contributed by atoms with E-state index in [2.05, 4.69) is 10.2 Å². The third-order valence-corrected chi connectivity index (χ3v) is 4.71. The predicted octanol–water partition coefficient (Wildman–Crippen LogP) is 2.14. The summed E-state index contributed by atoms with van der Waals surface area (Å²) in [4.78, 5) is 28.3. The van der Waals surface area contributed by atoms with Crippen molar-refractivity contribution in [3.05, 3.63) is 65.5 Å². The number of hydrogen-bond acceptors (Lipinski definition) is 3. The fourth-order valence-corrected chi connectivity index (χ4v) is 3.22. The van der Waals surface area contributed by atoms with Crippen LogP contribution in [-0.2, 0) is 16.0 Å². The van der Waals surface area contributed by atoms with Crippen LogP contribution < -0.4 is 10.2 Å². The standard InChI is InChI=1S/C21H24FN3O2/c1-16-3-2-4-17(13-16)14-20(26)23-15-21(27)25-11-9-24(10-12-25)19-7-5-18(22)6-8-19/h2-8,13H,9-12,14-15H2,1H3,(H,23,26). The molecular weight excluding hydrogens is 345 g/mol. The van der Waals surface area contributed by atoms with Crippen LogP contribution in [0.4, 0.5) is 10.1 Å². The summed E-state index contributed by atoms with van der Waals surface area (Å²) in [6.45, 7) is 4.55. The Morgan fingerprint density at radius 2 is 1.74 bits per heavy atom. The number of benzene rings is 2. The fourth-order valence-electron chi connectivity index (χ4n) is 3.22. The van der Waals surface area contributed by atoms with E-state index in [-0.39, 0.29) is 30.6 Å². The Bertz CT molecular complexity index is 799. The number of carbonyl (C=O) groups is 2. The van der Waals surface area contributed by atoms with Gasteiger partial charge in [0.2, 0.25) is 11.8 Å². The quantitative estimate of drug-likeness (QED) is 0.879. The first-order valence-electron chi connectivity index (χ1n) is 9.12. The molecule has 0 aromatic heterocycles.